The summed E-state index contributed by atoms with van der Waals surface area (Å²) >= 11 is -5.94. The minimum atomic E-state index is -5.94. The molecular formula is C92H152INaO29. The summed E-state index contributed by atoms with van der Waals surface area (Å²) in [6, 6.07) is 0. The molecule has 9 aliphatic rings. The van der Waals surface area contributed by atoms with Crippen molar-refractivity contribution in [3.8, 4) is 0 Å². The molecule has 9 saturated carbocycles. The molecule has 0 unspecified atom stereocenters. The second-order valence-corrected chi connectivity index (χ2v) is 37.0. The zero-order valence-electron chi connectivity index (χ0n) is 76.5. The van der Waals surface area contributed by atoms with E-state index in [0.717, 1.165) is 77.0 Å². The minimum absolute atomic E-state index is 0. The molecular weight excluding hydrogens is 1720 g/mol. The van der Waals surface area contributed by atoms with Crippen molar-refractivity contribution in [1.82, 2.24) is 0 Å². The van der Waals surface area contributed by atoms with E-state index in [1.54, 1.807) is 6.08 Å². The van der Waals surface area contributed by atoms with Gasteiger partial charge in [0.05, 0.1) is 67.6 Å². The van der Waals surface area contributed by atoms with Crippen LogP contribution in [0.15, 0.2) is 108 Å². The first kappa shape index (κ1) is 133. The van der Waals surface area contributed by atoms with Crippen LogP contribution in [0, 0.1) is 94.7 Å². The smallest absolute Gasteiger partial charge is 0.466 e. The summed E-state index contributed by atoms with van der Waals surface area (Å²) in [4.78, 5) is 115. The summed E-state index contributed by atoms with van der Waals surface area (Å²) in [6.07, 6.45) is 16.9. The van der Waals surface area contributed by atoms with E-state index in [2.05, 4.69) is 127 Å². The van der Waals surface area contributed by atoms with Gasteiger partial charge in [0.15, 0.2) is 0 Å². The van der Waals surface area contributed by atoms with E-state index in [4.69, 9.17) is 92.3 Å². The summed E-state index contributed by atoms with van der Waals surface area (Å²) in [5, 5.41) is 101. The Hall–Kier alpha value is -5.50. The second kappa shape index (κ2) is 69.5. The van der Waals surface area contributed by atoms with Crippen molar-refractivity contribution in [2.24, 2.45) is 94.7 Å². The largest absolute Gasteiger partial charge is 1.00 e. The Balaban J connectivity index is -0.000000196. The molecule has 0 heterocycles. The van der Waals surface area contributed by atoms with Crippen molar-refractivity contribution in [3.05, 3.63) is 108 Å². The molecule has 0 aromatic rings. The van der Waals surface area contributed by atoms with Crippen molar-refractivity contribution in [1.29, 1.82) is 0 Å². The summed E-state index contributed by atoms with van der Waals surface area (Å²) in [5.74, 6) is 7.12. The van der Waals surface area contributed by atoms with Crippen LogP contribution >= 0.6 is 0 Å². The number of hydrogen-bond donors (Lipinski definition) is 11. The van der Waals surface area contributed by atoms with Crippen molar-refractivity contribution in [2.75, 3.05) is 20.3 Å². The Morgan fingerprint density at radius 2 is 0.602 bits per heavy atom. The topological polar surface area (TPSA) is 546 Å². The number of esters is 1. The third-order valence-corrected chi connectivity index (χ3v) is 23.1. The van der Waals surface area contributed by atoms with Crippen LogP contribution in [0.3, 0.4) is 0 Å². The van der Waals surface area contributed by atoms with E-state index in [1.807, 2.05) is 60.6 Å². The SMILES string of the molecule is C.C=C1[C@H](C)CC(=CC(=O)OC)C[C@H]1C.C=C1[C@H](C)CC(=CCO)C[C@H]1C.C=C1[C@H](C)CC(=CCO)C[C@H]1C.C=C1[C@H](C)CC(=O)C[C@H]1C.C=C1[C@H](C)CC(C)(O)C[C@H]1C.C=C1[C@H](C)CC(O)C[C@H]1C.C[C@@H]1CC(C)(O)C[C@@H](C)C1=O.C[C@@H]1CC(C)(O)C[C@@H](C)C1O.O=C=O.O=C=O.O=C=O.O=C=O.O=C=O.OC1C[C@@H](O)C(O)[C@H](O)C1.[Na+].[O-][I+3]([O-])([O-])[O-]. The monoisotopic (exact) mass is 1870 g/mol. The first-order valence-electron chi connectivity index (χ1n) is 40.9. The van der Waals surface area contributed by atoms with Gasteiger partial charge in [-0.25, -0.2) is 4.79 Å². The number of halogens is 1. The molecule has 0 saturated heterocycles. The quantitative estimate of drug-likeness (QED) is 0.0633. The van der Waals surface area contributed by atoms with Gasteiger partial charge < -0.3 is 60.9 Å². The van der Waals surface area contributed by atoms with Gasteiger partial charge in [-0.05, 0) is 194 Å². The van der Waals surface area contributed by atoms with Crippen molar-refractivity contribution in [3.63, 3.8) is 0 Å². The third-order valence-electron chi connectivity index (χ3n) is 23.1. The molecule has 0 aromatic carbocycles. The van der Waals surface area contributed by atoms with Gasteiger partial charge in [-0.3, -0.25) is 23.3 Å². The Labute approximate surface area is 760 Å². The van der Waals surface area contributed by atoms with E-state index in [-0.39, 0.29) is 136 Å². The number of ether oxygens (including phenoxy) is 1. The van der Waals surface area contributed by atoms with E-state index in [9.17, 15) is 39.9 Å². The Bertz CT molecular complexity index is 3100. The van der Waals surface area contributed by atoms with Crippen molar-refractivity contribution in [2.45, 2.75) is 308 Å². The predicted octanol–water partition coefficient (Wildman–Crippen LogP) is 2.00. The molecule has 123 heavy (non-hydrogen) atoms. The molecule has 29 nitrogen and oxygen atoms in total. The van der Waals surface area contributed by atoms with Crippen LogP contribution in [0.25, 0.3) is 0 Å². The number of methoxy groups -OCH3 is 1. The molecule has 0 bridgehead atoms. The standard InChI is InChI=1S/C12H18O2.2C11H18O.C10H18O.C9H18O2.C9H16O2.C9H16O.C9H14O.C6H12O4.5CO2.CH4.IO4.Na/c1-8-5-11(7-12(13)14-4)6-9(2)10(8)3;2*1-8-6-11(4-5-12)7-9(2)10(8)3;1-7-5-10(4,11)6-8(2)9(7)3;2*1-6-4-9(3,11)5-7(2)8(6)10;2*1-6-4-9(10)5-7(2)8(6)3;7-3-1-4(8)6(10)5(9)2-3;5*2-1-3;;2-1(3,4)5;/h7-9H,3,5-6H2,1-2,4H3;2*4,8-9,12H,3,5-7H2,1-2H3;7-8,11H,3,5-6H2,1-2,4H3;6-8,10-11H,4-5H2,1-3H3;6-7,11H,4-5H2,1-3H3;6-7,9-10H,3-5H2,1-2H3;6-7H,3-5H2,1-2H3;3-10H,1-2H2;;;;;;1H4;;/q;;;;;;;;;;;;;;;-1;+1/t3*8-,9-;7-,8-;6-,7-,8?,9?;3*6-,7-;3?,4-,5-,6?;;;;;;;;/m111111111......../s1. The fraction of sp³-hybridized carbons (Fsp3) is 0.717. The van der Waals surface area contributed by atoms with E-state index in [1.165, 1.54) is 57.3 Å². The maximum Gasteiger partial charge on any atom is 1.00 e. The summed E-state index contributed by atoms with van der Waals surface area (Å²) < 4.78 is 39.1. The Morgan fingerprint density at radius 1 is 0.390 bits per heavy atom. The van der Waals surface area contributed by atoms with E-state index >= 15 is 0 Å². The minimum Gasteiger partial charge on any atom is -0.466 e. The summed E-state index contributed by atoms with van der Waals surface area (Å²) in [7, 11) is 1.41. The second-order valence-electron chi connectivity index (χ2n) is 34.9. The van der Waals surface area contributed by atoms with Gasteiger partial charge in [-0.1, -0.05) is 220 Å². The van der Waals surface area contributed by atoms with Crippen LogP contribution in [0.1, 0.15) is 255 Å². The summed E-state index contributed by atoms with van der Waals surface area (Å²) in [5.41, 5.74) is 10.2. The molecule has 9 fully saturated rings. The number of carbonyl (C=O) groups excluding carboxylic acids is 13. The Kier molecular flexibility index (Phi) is 75.2. The van der Waals surface area contributed by atoms with Gasteiger partial charge in [0.1, 0.15) is 37.8 Å². The molecule has 0 spiro atoms. The fourth-order valence-electron chi connectivity index (χ4n) is 16.7. The van der Waals surface area contributed by atoms with Crippen LogP contribution in [0.2, 0.25) is 0 Å². The third kappa shape index (κ3) is 62.4. The normalized spacial score (nSPS) is 33.0. The first-order chi connectivity index (χ1) is 55.5. The number of aliphatic hydroxyl groups excluding tert-OH is 8. The number of carbonyl (C=O) groups is 3. The van der Waals surface area contributed by atoms with Gasteiger partial charge in [0.25, 0.3) is 0 Å². The Morgan fingerprint density at radius 3 is 0.854 bits per heavy atom. The van der Waals surface area contributed by atoms with Gasteiger partial charge in [-0.15, -0.1) is 0 Å². The zero-order chi connectivity index (χ0) is 96.1. The number of ketones is 2. The van der Waals surface area contributed by atoms with Crippen LogP contribution < -0.4 is 63.4 Å². The van der Waals surface area contributed by atoms with Gasteiger partial charge in [-0.2, -0.15) is 47.9 Å². The number of Topliss-reactive ketones (excluding diaryl/α,β-unsaturated/α-hetero) is 2. The molecule has 0 aliphatic heterocycles. The van der Waals surface area contributed by atoms with Gasteiger partial charge in [0, 0.05) is 43.6 Å². The van der Waals surface area contributed by atoms with Crippen LogP contribution in [0.4, 0.5) is 0 Å². The summed E-state index contributed by atoms with van der Waals surface area (Å²) in [6.45, 7) is 63.8. The molecule has 9 rings (SSSR count). The molecule has 0 radical (unpaired) electrons. The molecule has 31 heteroatoms. The number of rotatable bonds is 3. The maximum atomic E-state index is 11.3. The van der Waals surface area contributed by atoms with E-state index < -0.39 is 61.3 Å². The molecule has 18 atom stereocenters. The van der Waals surface area contributed by atoms with Gasteiger partial charge in [0.2, 0.25) is 0 Å². The van der Waals surface area contributed by atoms with Gasteiger partial charge >= 0.3 is 66.3 Å². The average molecular weight is 1870 g/mol. The molecule has 9 aliphatic carbocycles. The maximum absolute atomic E-state index is 11.3. The predicted molar refractivity (Wildman–Crippen MR) is 445 cm³/mol. The number of hydrogen-bond acceptors (Lipinski definition) is 29. The molecule has 0 aromatic heterocycles. The van der Waals surface area contributed by atoms with Crippen LogP contribution in [-0.2, 0) is 67.1 Å². The van der Waals surface area contributed by atoms with Crippen LogP contribution in [-0.4, -0.2) is 178 Å². The van der Waals surface area contributed by atoms with Crippen LogP contribution in [0.5, 0.6) is 0 Å². The number of aliphatic hydroxyl groups is 11. The van der Waals surface area contributed by atoms with Crippen molar-refractivity contribution < 1.29 is 187 Å². The zero-order valence-corrected chi connectivity index (χ0v) is 80.6. The first-order valence-corrected chi connectivity index (χ1v) is 44.4. The number of allylic oxidation sites excluding steroid dienone is 9. The fourth-order valence-corrected chi connectivity index (χ4v) is 16.7. The van der Waals surface area contributed by atoms with Crippen molar-refractivity contribution >= 4 is 48.3 Å². The average Bonchev–Trinajstić information content (AvgIpc) is 0.830. The molecule has 11 N–H and O–H groups in total. The van der Waals surface area contributed by atoms with E-state index in [0.29, 0.717) is 108 Å². The molecule has 702 valence electrons. The molecule has 0 amide bonds.